The SMILES string of the molecule is CC[C@@H](C)NC(=O)[C@H](C)N(CCc1ccccc1)C(=O)CCCN1c2cccc3cccc(c23)S1(=O)=O. The lowest BCUT2D eigenvalue weighted by Gasteiger charge is -2.30. The summed E-state index contributed by atoms with van der Waals surface area (Å²) in [5.74, 6) is -0.338. The van der Waals surface area contributed by atoms with E-state index < -0.39 is 16.1 Å². The van der Waals surface area contributed by atoms with E-state index in [1.54, 1.807) is 24.0 Å². The van der Waals surface area contributed by atoms with Crippen molar-refractivity contribution in [3.8, 4) is 0 Å². The average Bonchev–Trinajstić information content (AvgIpc) is 3.12. The van der Waals surface area contributed by atoms with Crippen LogP contribution in [0.2, 0.25) is 0 Å². The molecule has 0 aromatic heterocycles. The molecule has 37 heavy (non-hydrogen) atoms. The zero-order valence-electron chi connectivity index (χ0n) is 21.7. The maximum absolute atomic E-state index is 13.4. The van der Waals surface area contributed by atoms with Gasteiger partial charge in [-0.1, -0.05) is 61.5 Å². The lowest BCUT2D eigenvalue weighted by atomic mass is 10.1. The molecule has 0 radical (unpaired) electrons. The first-order valence-corrected chi connectivity index (χ1v) is 14.4. The van der Waals surface area contributed by atoms with Crippen LogP contribution in [0.15, 0.2) is 71.6 Å². The van der Waals surface area contributed by atoms with Crippen molar-refractivity contribution in [2.24, 2.45) is 0 Å². The standard InChI is InChI=1S/C29H35N3O4S/c1-4-21(2)30-29(34)22(3)31(20-18-23-11-6-5-7-12-23)27(33)17-10-19-32-25-15-8-13-24-14-9-16-26(28(24)25)37(32,35)36/h5-9,11-16,21-22H,4,10,17-20H2,1-3H3,(H,30,34)/t21-,22+/m1/s1. The van der Waals surface area contributed by atoms with Crippen LogP contribution in [0.25, 0.3) is 10.8 Å². The molecule has 0 spiro atoms. The van der Waals surface area contributed by atoms with Gasteiger partial charge in [0.15, 0.2) is 0 Å². The van der Waals surface area contributed by atoms with Crippen LogP contribution in [0.1, 0.15) is 45.6 Å². The van der Waals surface area contributed by atoms with E-state index in [1.807, 2.05) is 68.4 Å². The van der Waals surface area contributed by atoms with Crippen LogP contribution in [0, 0.1) is 0 Å². The summed E-state index contributed by atoms with van der Waals surface area (Å²) >= 11 is 0. The minimum absolute atomic E-state index is 0.0192. The molecule has 0 saturated heterocycles. The van der Waals surface area contributed by atoms with Crippen molar-refractivity contribution >= 4 is 38.3 Å². The van der Waals surface area contributed by atoms with Gasteiger partial charge < -0.3 is 10.2 Å². The van der Waals surface area contributed by atoms with Crippen LogP contribution in [0.5, 0.6) is 0 Å². The molecule has 0 aliphatic carbocycles. The van der Waals surface area contributed by atoms with Gasteiger partial charge >= 0.3 is 0 Å². The third-order valence-electron chi connectivity index (χ3n) is 7.09. The van der Waals surface area contributed by atoms with Crippen molar-refractivity contribution in [2.45, 2.75) is 63.4 Å². The lowest BCUT2D eigenvalue weighted by molar-refractivity contribution is -0.140. The predicted octanol–water partition coefficient (Wildman–Crippen LogP) is 4.50. The Kier molecular flexibility index (Phi) is 8.17. The molecule has 3 aromatic rings. The van der Waals surface area contributed by atoms with Crippen molar-refractivity contribution < 1.29 is 18.0 Å². The van der Waals surface area contributed by atoms with Gasteiger partial charge in [0.2, 0.25) is 11.8 Å². The molecular formula is C29H35N3O4S. The van der Waals surface area contributed by atoms with Crippen LogP contribution in [-0.4, -0.2) is 50.3 Å². The molecule has 0 unspecified atom stereocenters. The van der Waals surface area contributed by atoms with Crippen LogP contribution in [-0.2, 0) is 26.0 Å². The summed E-state index contributed by atoms with van der Waals surface area (Å²) in [7, 11) is -3.66. The molecule has 3 aromatic carbocycles. The van der Waals surface area contributed by atoms with E-state index >= 15 is 0 Å². The third kappa shape index (κ3) is 5.64. The van der Waals surface area contributed by atoms with E-state index in [0.717, 1.165) is 22.8 Å². The number of carbonyl (C=O) groups excluding carboxylic acids is 2. The number of sulfonamides is 1. The summed E-state index contributed by atoms with van der Waals surface area (Å²) in [4.78, 5) is 28.2. The largest absolute Gasteiger partial charge is 0.352 e. The molecule has 1 N–H and O–H groups in total. The predicted molar refractivity (Wildman–Crippen MR) is 147 cm³/mol. The van der Waals surface area contributed by atoms with Crippen LogP contribution >= 0.6 is 0 Å². The van der Waals surface area contributed by atoms with Crippen LogP contribution in [0.3, 0.4) is 0 Å². The van der Waals surface area contributed by atoms with Gasteiger partial charge in [-0.25, -0.2) is 8.42 Å². The fourth-order valence-corrected chi connectivity index (χ4v) is 6.50. The van der Waals surface area contributed by atoms with Gasteiger partial charge in [0.05, 0.1) is 10.6 Å². The minimum atomic E-state index is -3.66. The second-order valence-electron chi connectivity index (χ2n) is 9.63. The first-order valence-electron chi connectivity index (χ1n) is 12.9. The summed E-state index contributed by atoms with van der Waals surface area (Å²) in [6.07, 6.45) is 1.93. The molecule has 7 nitrogen and oxygen atoms in total. The fraction of sp³-hybridized carbons (Fsp3) is 0.379. The topological polar surface area (TPSA) is 86.8 Å². The third-order valence-corrected chi connectivity index (χ3v) is 8.94. The van der Waals surface area contributed by atoms with Crippen molar-refractivity contribution in [3.05, 3.63) is 72.3 Å². The van der Waals surface area contributed by atoms with Gasteiger partial charge in [-0.2, -0.15) is 0 Å². The van der Waals surface area contributed by atoms with Crippen LogP contribution in [0.4, 0.5) is 5.69 Å². The fourth-order valence-electron chi connectivity index (χ4n) is 4.75. The molecule has 0 saturated carbocycles. The Hall–Kier alpha value is -3.39. The van der Waals surface area contributed by atoms with E-state index in [4.69, 9.17) is 0 Å². The van der Waals surface area contributed by atoms with Gasteiger partial charge in [-0.3, -0.25) is 13.9 Å². The molecule has 196 valence electrons. The van der Waals surface area contributed by atoms with Gasteiger partial charge in [0.1, 0.15) is 6.04 Å². The molecule has 0 bridgehead atoms. The highest BCUT2D eigenvalue weighted by Crippen LogP contribution is 2.42. The van der Waals surface area contributed by atoms with Crippen molar-refractivity contribution in [2.75, 3.05) is 17.4 Å². The first kappa shape index (κ1) is 26.7. The number of benzene rings is 3. The maximum Gasteiger partial charge on any atom is 0.265 e. The van der Waals surface area contributed by atoms with Crippen LogP contribution < -0.4 is 9.62 Å². The Bertz CT molecular complexity index is 1370. The molecule has 1 aliphatic heterocycles. The molecule has 1 heterocycles. The number of hydrogen-bond acceptors (Lipinski definition) is 4. The molecule has 0 fully saturated rings. The molecule has 2 amide bonds. The molecule has 1 aliphatic rings. The summed E-state index contributed by atoms with van der Waals surface area (Å²) in [5, 5.41) is 4.59. The second-order valence-corrected chi connectivity index (χ2v) is 11.5. The van der Waals surface area contributed by atoms with Crippen molar-refractivity contribution in [3.63, 3.8) is 0 Å². The summed E-state index contributed by atoms with van der Waals surface area (Å²) < 4.78 is 27.9. The Morgan fingerprint density at radius 3 is 2.38 bits per heavy atom. The van der Waals surface area contributed by atoms with Gasteiger partial charge in [-0.15, -0.1) is 0 Å². The number of hydrogen-bond donors (Lipinski definition) is 1. The van der Waals surface area contributed by atoms with E-state index in [-0.39, 0.29) is 30.8 Å². The minimum Gasteiger partial charge on any atom is -0.352 e. The van der Waals surface area contributed by atoms with E-state index in [1.165, 1.54) is 4.31 Å². The zero-order chi connectivity index (χ0) is 26.6. The smallest absolute Gasteiger partial charge is 0.265 e. The van der Waals surface area contributed by atoms with Gasteiger partial charge in [0, 0.05) is 30.9 Å². The summed E-state index contributed by atoms with van der Waals surface area (Å²) in [6, 6.07) is 20.1. The maximum atomic E-state index is 13.4. The highest BCUT2D eigenvalue weighted by molar-refractivity contribution is 7.93. The summed E-state index contributed by atoms with van der Waals surface area (Å²) in [6.45, 7) is 6.30. The number of carbonyl (C=O) groups is 2. The number of anilines is 1. The highest BCUT2D eigenvalue weighted by Gasteiger charge is 2.35. The van der Waals surface area contributed by atoms with E-state index in [2.05, 4.69) is 5.32 Å². The zero-order valence-corrected chi connectivity index (χ0v) is 22.5. The Labute approximate surface area is 219 Å². The number of amides is 2. The lowest BCUT2D eigenvalue weighted by Crippen LogP contribution is -2.50. The van der Waals surface area contributed by atoms with E-state index in [9.17, 15) is 18.0 Å². The molecule has 2 atom stereocenters. The molecule has 8 heteroatoms. The molecular weight excluding hydrogens is 486 g/mol. The highest BCUT2D eigenvalue weighted by atomic mass is 32.2. The Morgan fingerprint density at radius 1 is 0.973 bits per heavy atom. The van der Waals surface area contributed by atoms with Crippen molar-refractivity contribution in [1.82, 2.24) is 10.2 Å². The Morgan fingerprint density at radius 2 is 1.68 bits per heavy atom. The van der Waals surface area contributed by atoms with Crippen molar-refractivity contribution in [1.29, 1.82) is 0 Å². The second kappa shape index (κ2) is 11.3. The van der Waals surface area contributed by atoms with E-state index in [0.29, 0.717) is 30.0 Å². The summed E-state index contributed by atoms with van der Waals surface area (Å²) in [5.41, 5.74) is 1.74. The monoisotopic (exact) mass is 521 g/mol. The number of rotatable bonds is 11. The average molecular weight is 522 g/mol. The quantitative estimate of drug-likeness (QED) is 0.402. The number of nitrogens with one attached hydrogen (secondary N) is 1. The number of nitrogens with zero attached hydrogens (tertiary/aromatic N) is 2. The van der Waals surface area contributed by atoms with Gasteiger partial charge in [-0.05, 0) is 56.2 Å². The van der Waals surface area contributed by atoms with Gasteiger partial charge in [0.25, 0.3) is 10.0 Å². The normalized spacial score (nSPS) is 15.4. The Balaban J connectivity index is 1.46. The molecule has 4 rings (SSSR count). The first-order chi connectivity index (χ1) is 17.7.